The number of hydrogen-bond donors (Lipinski definition) is 1. The SMILES string of the molecule is O[C@@H]1CCN(Cc2ccc(-c3ccc(F)cc3)s2)C1. The zero-order valence-corrected chi connectivity index (χ0v) is 11.4. The predicted octanol–water partition coefficient (Wildman–Crippen LogP) is 3.12. The number of rotatable bonds is 3. The Morgan fingerprint density at radius 1 is 1.21 bits per heavy atom. The number of halogens is 1. The molecule has 3 rings (SSSR count). The second kappa shape index (κ2) is 5.41. The molecular formula is C15H16FNOS. The third-order valence-corrected chi connectivity index (χ3v) is 4.54. The van der Waals surface area contributed by atoms with Crippen LogP contribution in [0.1, 0.15) is 11.3 Å². The van der Waals surface area contributed by atoms with Crippen LogP contribution in [0.3, 0.4) is 0 Å². The smallest absolute Gasteiger partial charge is 0.123 e. The number of β-amino-alcohol motifs (C(OH)–C–C–N with tert-alkyl or cyclic N) is 1. The number of hydrogen-bond acceptors (Lipinski definition) is 3. The van der Waals surface area contributed by atoms with E-state index in [1.165, 1.54) is 17.0 Å². The maximum absolute atomic E-state index is 12.9. The number of benzene rings is 1. The highest BCUT2D eigenvalue weighted by Crippen LogP contribution is 2.29. The number of thiophene rings is 1. The van der Waals surface area contributed by atoms with E-state index >= 15 is 0 Å². The molecule has 0 radical (unpaired) electrons. The fourth-order valence-electron chi connectivity index (χ4n) is 2.41. The van der Waals surface area contributed by atoms with Gasteiger partial charge in [-0.15, -0.1) is 11.3 Å². The molecule has 0 aliphatic carbocycles. The van der Waals surface area contributed by atoms with Crippen molar-refractivity contribution >= 4 is 11.3 Å². The van der Waals surface area contributed by atoms with E-state index in [0.29, 0.717) is 0 Å². The molecule has 1 aliphatic heterocycles. The maximum atomic E-state index is 12.9. The van der Waals surface area contributed by atoms with Gasteiger partial charge in [-0.1, -0.05) is 12.1 Å². The summed E-state index contributed by atoms with van der Waals surface area (Å²) < 4.78 is 12.9. The Bertz CT molecular complexity index is 552. The zero-order valence-electron chi connectivity index (χ0n) is 10.6. The lowest BCUT2D eigenvalue weighted by atomic mass is 10.2. The van der Waals surface area contributed by atoms with Crippen molar-refractivity contribution in [1.82, 2.24) is 4.90 Å². The molecule has 1 aromatic heterocycles. The maximum Gasteiger partial charge on any atom is 0.123 e. The first-order valence-corrected chi connectivity index (χ1v) is 7.27. The number of aliphatic hydroxyl groups excluding tert-OH is 1. The van der Waals surface area contributed by atoms with Gasteiger partial charge >= 0.3 is 0 Å². The third kappa shape index (κ3) is 3.03. The highest BCUT2D eigenvalue weighted by atomic mass is 32.1. The fourth-order valence-corrected chi connectivity index (χ4v) is 3.46. The van der Waals surface area contributed by atoms with Gasteiger partial charge in [0, 0.05) is 29.4 Å². The fraction of sp³-hybridized carbons (Fsp3) is 0.333. The van der Waals surface area contributed by atoms with E-state index in [4.69, 9.17) is 0 Å². The van der Waals surface area contributed by atoms with Crippen LogP contribution in [-0.4, -0.2) is 29.2 Å². The lowest BCUT2D eigenvalue weighted by molar-refractivity contribution is 0.175. The number of nitrogens with zero attached hydrogens (tertiary/aromatic N) is 1. The van der Waals surface area contributed by atoms with Crippen molar-refractivity contribution in [1.29, 1.82) is 0 Å². The van der Waals surface area contributed by atoms with E-state index in [-0.39, 0.29) is 11.9 Å². The molecule has 0 bridgehead atoms. The first-order valence-electron chi connectivity index (χ1n) is 6.46. The van der Waals surface area contributed by atoms with Crippen molar-refractivity contribution in [2.24, 2.45) is 0 Å². The van der Waals surface area contributed by atoms with Gasteiger partial charge in [-0.05, 0) is 36.2 Å². The van der Waals surface area contributed by atoms with Gasteiger partial charge in [0.2, 0.25) is 0 Å². The molecule has 2 nitrogen and oxygen atoms in total. The summed E-state index contributed by atoms with van der Waals surface area (Å²) in [5.41, 5.74) is 1.05. The second-order valence-corrected chi connectivity index (χ2v) is 6.12. The molecule has 1 N–H and O–H groups in total. The Labute approximate surface area is 116 Å². The van der Waals surface area contributed by atoms with E-state index in [1.54, 1.807) is 11.3 Å². The monoisotopic (exact) mass is 277 g/mol. The Hall–Kier alpha value is -1.23. The van der Waals surface area contributed by atoms with Crippen LogP contribution < -0.4 is 0 Å². The quantitative estimate of drug-likeness (QED) is 0.931. The van der Waals surface area contributed by atoms with Crippen LogP contribution in [0.15, 0.2) is 36.4 Å². The molecule has 4 heteroatoms. The topological polar surface area (TPSA) is 23.5 Å². The van der Waals surface area contributed by atoms with Crippen molar-refractivity contribution in [2.45, 2.75) is 19.1 Å². The third-order valence-electron chi connectivity index (χ3n) is 3.42. The second-order valence-electron chi connectivity index (χ2n) is 4.95. The normalized spacial score (nSPS) is 20.0. The van der Waals surface area contributed by atoms with Crippen LogP contribution in [0.25, 0.3) is 10.4 Å². The first-order chi connectivity index (χ1) is 9.20. The minimum Gasteiger partial charge on any atom is -0.392 e. The van der Waals surface area contributed by atoms with Crippen molar-refractivity contribution in [2.75, 3.05) is 13.1 Å². The zero-order chi connectivity index (χ0) is 13.2. The summed E-state index contributed by atoms with van der Waals surface area (Å²) in [7, 11) is 0. The van der Waals surface area contributed by atoms with Gasteiger partial charge in [-0.2, -0.15) is 0 Å². The van der Waals surface area contributed by atoms with Gasteiger partial charge in [-0.25, -0.2) is 4.39 Å². The molecule has 1 fully saturated rings. The van der Waals surface area contributed by atoms with E-state index in [0.717, 1.165) is 36.5 Å². The summed E-state index contributed by atoms with van der Waals surface area (Å²) in [5.74, 6) is -0.202. The highest BCUT2D eigenvalue weighted by molar-refractivity contribution is 7.15. The molecule has 1 aliphatic rings. The number of likely N-dealkylation sites (tertiary alicyclic amines) is 1. The van der Waals surface area contributed by atoms with E-state index in [2.05, 4.69) is 17.0 Å². The molecule has 0 saturated carbocycles. The summed E-state index contributed by atoms with van der Waals surface area (Å²) >= 11 is 1.73. The average molecular weight is 277 g/mol. The van der Waals surface area contributed by atoms with Crippen LogP contribution in [0, 0.1) is 5.82 Å². The summed E-state index contributed by atoms with van der Waals surface area (Å²) in [5, 5.41) is 9.51. The van der Waals surface area contributed by atoms with Crippen LogP contribution in [-0.2, 0) is 6.54 Å². The highest BCUT2D eigenvalue weighted by Gasteiger charge is 2.20. The van der Waals surface area contributed by atoms with Gasteiger partial charge in [0.15, 0.2) is 0 Å². The van der Waals surface area contributed by atoms with Gasteiger partial charge in [0.05, 0.1) is 6.10 Å². The molecule has 2 aromatic rings. The van der Waals surface area contributed by atoms with E-state index in [1.807, 2.05) is 12.1 Å². The number of aliphatic hydroxyl groups is 1. The summed E-state index contributed by atoms with van der Waals surface area (Å²) in [6.45, 7) is 2.62. The first kappa shape index (κ1) is 12.8. The lowest BCUT2D eigenvalue weighted by Crippen LogP contribution is -2.20. The lowest BCUT2D eigenvalue weighted by Gasteiger charge is -2.12. The van der Waals surface area contributed by atoms with Crippen molar-refractivity contribution in [3.05, 3.63) is 47.1 Å². The van der Waals surface area contributed by atoms with Crippen molar-refractivity contribution in [3.8, 4) is 10.4 Å². The molecule has 2 heterocycles. The molecule has 0 amide bonds. The molecular weight excluding hydrogens is 261 g/mol. The predicted molar refractivity (Wildman–Crippen MR) is 75.6 cm³/mol. The van der Waals surface area contributed by atoms with Crippen LogP contribution >= 0.6 is 11.3 Å². The van der Waals surface area contributed by atoms with E-state index < -0.39 is 0 Å². The Morgan fingerprint density at radius 2 is 2.00 bits per heavy atom. The molecule has 0 spiro atoms. The van der Waals surface area contributed by atoms with Crippen LogP contribution in [0.2, 0.25) is 0 Å². The van der Waals surface area contributed by atoms with Gasteiger partial charge in [-0.3, -0.25) is 4.90 Å². The van der Waals surface area contributed by atoms with Gasteiger partial charge in [0.1, 0.15) is 5.82 Å². The minimum atomic E-state index is -0.202. The van der Waals surface area contributed by atoms with Gasteiger partial charge < -0.3 is 5.11 Å². The van der Waals surface area contributed by atoms with Crippen LogP contribution in [0.5, 0.6) is 0 Å². The summed E-state index contributed by atoms with van der Waals surface area (Å²) in [6.07, 6.45) is 0.701. The Morgan fingerprint density at radius 3 is 2.68 bits per heavy atom. The standard InChI is InChI=1S/C15H16FNOS/c16-12-3-1-11(2-4-12)15-6-5-14(19-15)10-17-8-7-13(18)9-17/h1-6,13,18H,7-10H2/t13-/m1/s1. The summed E-state index contributed by atoms with van der Waals surface area (Å²) in [4.78, 5) is 4.72. The van der Waals surface area contributed by atoms with Crippen molar-refractivity contribution < 1.29 is 9.50 Å². The molecule has 1 aromatic carbocycles. The van der Waals surface area contributed by atoms with Crippen molar-refractivity contribution in [3.63, 3.8) is 0 Å². The van der Waals surface area contributed by atoms with Gasteiger partial charge in [0.25, 0.3) is 0 Å². The summed E-state index contributed by atoms with van der Waals surface area (Å²) in [6, 6.07) is 10.8. The molecule has 0 unspecified atom stereocenters. The molecule has 19 heavy (non-hydrogen) atoms. The molecule has 100 valence electrons. The Kier molecular flexibility index (Phi) is 3.64. The molecule has 1 saturated heterocycles. The minimum absolute atomic E-state index is 0.170. The average Bonchev–Trinajstić information content (AvgIpc) is 3.00. The van der Waals surface area contributed by atoms with E-state index in [9.17, 15) is 9.50 Å². The molecule has 1 atom stereocenters. The Balaban J connectivity index is 1.71. The largest absolute Gasteiger partial charge is 0.392 e. The van der Waals surface area contributed by atoms with Crippen LogP contribution in [0.4, 0.5) is 4.39 Å².